The van der Waals surface area contributed by atoms with Crippen molar-refractivity contribution in [1.82, 2.24) is 14.5 Å². The van der Waals surface area contributed by atoms with Gasteiger partial charge in [-0.25, -0.2) is 4.98 Å². The minimum absolute atomic E-state index is 0.457. The van der Waals surface area contributed by atoms with Gasteiger partial charge in [0.25, 0.3) is 0 Å². The van der Waals surface area contributed by atoms with Crippen molar-refractivity contribution >= 4 is 0 Å². The summed E-state index contributed by atoms with van der Waals surface area (Å²) >= 11 is 0. The fourth-order valence-electron chi connectivity index (χ4n) is 1.41. The maximum atomic E-state index is 8.86. The molecule has 0 unspecified atom stereocenters. The zero-order chi connectivity index (χ0) is 10.8. The topological polar surface area (TPSA) is 54.5 Å². The molecule has 74 valence electrons. The third kappa shape index (κ3) is 1.48. The number of pyridine rings is 1. The van der Waals surface area contributed by atoms with Gasteiger partial charge in [0, 0.05) is 13.2 Å². The summed E-state index contributed by atoms with van der Waals surface area (Å²) in [5.74, 6) is 0.727. The van der Waals surface area contributed by atoms with Crippen LogP contribution in [0.4, 0.5) is 0 Å². The quantitative estimate of drug-likeness (QED) is 0.700. The highest BCUT2D eigenvalue weighted by molar-refractivity contribution is 5.52. The molecule has 0 radical (unpaired) electrons. The van der Waals surface area contributed by atoms with E-state index >= 15 is 0 Å². The van der Waals surface area contributed by atoms with Crippen LogP contribution in [0.3, 0.4) is 0 Å². The predicted octanol–water partition coefficient (Wildman–Crippen LogP) is 1.66. The van der Waals surface area contributed by atoms with Gasteiger partial charge in [0.2, 0.25) is 0 Å². The van der Waals surface area contributed by atoms with Crippen LogP contribution < -0.4 is 0 Å². The van der Waals surface area contributed by atoms with Gasteiger partial charge in [-0.15, -0.1) is 0 Å². The molecule has 0 aliphatic rings. The van der Waals surface area contributed by atoms with Gasteiger partial charge in [0.1, 0.15) is 11.8 Å². The number of nitrogens with zero attached hydrogens (tertiary/aromatic N) is 4. The molecule has 2 aromatic rings. The molecule has 0 saturated heterocycles. The maximum Gasteiger partial charge on any atom is 0.162 e. The minimum Gasteiger partial charge on any atom is -0.329 e. The van der Waals surface area contributed by atoms with Crippen LogP contribution in [0.1, 0.15) is 11.4 Å². The molecule has 4 nitrogen and oxygen atoms in total. The average molecular weight is 198 g/mol. The van der Waals surface area contributed by atoms with E-state index in [9.17, 15) is 0 Å². The molecule has 0 N–H and O–H groups in total. The minimum atomic E-state index is 0.457. The molecule has 0 saturated carbocycles. The molecule has 0 bridgehead atoms. The van der Waals surface area contributed by atoms with Crippen LogP contribution >= 0.6 is 0 Å². The van der Waals surface area contributed by atoms with Crippen molar-refractivity contribution in [3.63, 3.8) is 0 Å². The summed E-state index contributed by atoms with van der Waals surface area (Å²) in [7, 11) is 1.88. The summed E-state index contributed by atoms with van der Waals surface area (Å²) in [6.45, 7) is 1.87. The molecule has 0 spiro atoms. The van der Waals surface area contributed by atoms with E-state index in [1.54, 1.807) is 6.20 Å². The van der Waals surface area contributed by atoms with E-state index in [4.69, 9.17) is 5.26 Å². The Morgan fingerprint density at radius 2 is 2.20 bits per heavy atom. The Hall–Kier alpha value is -2.15. The number of aromatic nitrogens is 3. The van der Waals surface area contributed by atoms with Crippen molar-refractivity contribution in [2.75, 3.05) is 0 Å². The Bertz CT molecular complexity index is 520. The molecule has 0 aliphatic carbocycles. The zero-order valence-corrected chi connectivity index (χ0v) is 8.60. The lowest BCUT2D eigenvalue weighted by atomic mass is 10.3. The lowest BCUT2D eigenvalue weighted by Gasteiger charge is -2.00. The van der Waals surface area contributed by atoms with Gasteiger partial charge in [-0.05, 0) is 19.1 Å². The largest absolute Gasteiger partial charge is 0.329 e. The Labute approximate surface area is 87.8 Å². The standard InChI is InChI=1S/C11H10N4/c1-8-10(7-12)14-11(15(8)2)9-5-3-4-6-13-9/h3-6H,1-2H3. The van der Waals surface area contributed by atoms with Gasteiger partial charge in [-0.3, -0.25) is 4.98 Å². The number of hydrogen-bond donors (Lipinski definition) is 0. The van der Waals surface area contributed by atoms with E-state index < -0.39 is 0 Å². The fraction of sp³-hybridized carbons (Fsp3) is 0.182. The second-order valence-electron chi connectivity index (χ2n) is 3.26. The van der Waals surface area contributed by atoms with Crippen molar-refractivity contribution in [1.29, 1.82) is 5.26 Å². The predicted molar refractivity (Wildman–Crippen MR) is 55.9 cm³/mol. The molecule has 0 aromatic carbocycles. The van der Waals surface area contributed by atoms with E-state index in [0.717, 1.165) is 17.2 Å². The Kier molecular flexibility index (Phi) is 2.22. The van der Waals surface area contributed by atoms with Gasteiger partial charge >= 0.3 is 0 Å². The summed E-state index contributed by atoms with van der Waals surface area (Å²) < 4.78 is 1.88. The third-order valence-electron chi connectivity index (χ3n) is 2.38. The van der Waals surface area contributed by atoms with Crippen LogP contribution in [0.15, 0.2) is 24.4 Å². The van der Waals surface area contributed by atoms with E-state index in [2.05, 4.69) is 16.0 Å². The Morgan fingerprint density at radius 3 is 2.73 bits per heavy atom. The highest BCUT2D eigenvalue weighted by Crippen LogP contribution is 2.17. The summed E-state index contributed by atoms with van der Waals surface area (Å²) in [6, 6.07) is 7.70. The molecule has 0 amide bonds. The molecular formula is C11H10N4. The highest BCUT2D eigenvalue weighted by Gasteiger charge is 2.12. The van der Waals surface area contributed by atoms with Crippen molar-refractivity contribution in [2.24, 2.45) is 7.05 Å². The third-order valence-corrected chi connectivity index (χ3v) is 2.38. The molecule has 2 rings (SSSR count). The number of nitriles is 1. The zero-order valence-electron chi connectivity index (χ0n) is 8.60. The summed E-state index contributed by atoms with van der Waals surface area (Å²) in [5.41, 5.74) is 2.10. The Morgan fingerprint density at radius 1 is 1.40 bits per heavy atom. The fourth-order valence-corrected chi connectivity index (χ4v) is 1.41. The monoisotopic (exact) mass is 198 g/mol. The van der Waals surface area contributed by atoms with Crippen LogP contribution in [0.5, 0.6) is 0 Å². The number of hydrogen-bond acceptors (Lipinski definition) is 3. The summed E-state index contributed by atoms with van der Waals surface area (Å²) in [5, 5.41) is 8.86. The van der Waals surface area contributed by atoms with Crippen molar-refractivity contribution in [2.45, 2.75) is 6.92 Å². The maximum absolute atomic E-state index is 8.86. The van der Waals surface area contributed by atoms with Gasteiger partial charge in [-0.1, -0.05) is 6.07 Å². The van der Waals surface area contributed by atoms with Crippen LogP contribution in [0.2, 0.25) is 0 Å². The number of imidazole rings is 1. The van der Waals surface area contributed by atoms with Gasteiger partial charge < -0.3 is 4.57 Å². The normalized spacial score (nSPS) is 9.93. The van der Waals surface area contributed by atoms with Crippen LogP contribution in [0.25, 0.3) is 11.5 Å². The van der Waals surface area contributed by atoms with Gasteiger partial charge in [0.05, 0.1) is 5.69 Å². The lowest BCUT2D eigenvalue weighted by Crippen LogP contribution is -1.95. The van der Waals surface area contributed by atoms with E-state index in [-0.39, 0.29) is 0 Å². The van der Waals surface area contributed by atoms with Crippen LogP contribution in [-0.2, 0) is 7.05 Å². The average Bonchev–Trinajstić information content (AvgIpc) is 2.57. The molecule has 2 heterocycles. The van der Waals surface area contributed by atoms with Gasteiger partial charge in [0.15, 0.2) is 11.5 Å². The first-order chi connectivity index (χ1) is 7.24. The smallest absolute Gasteiger partial charge is 0.162 e. The lowest BCUT2D eigenvalue weighted by molar-refractivity contribution is 0.878. The molecule has 0 fully saturated rings. The second-order valence-corrected chi connectivity index (χ2v) is 3.26. The summed E-state index contributed by atoms with van der Waals surface area (Å²) in [4.78, 5) is 8.44. The second kappa shape index (κ2) is 3.54. The van der Waals surface area contributed by atoms with Crippen LogP contribution in [-0.4, -0.2) is 14.5 Å². The van der Waals surface area contributed by atoms with E-state index in [1.807, 2.05) is 36.7 Å². The van der Waals surface area contributed by atoms with Crippen molar-refractivity contribution < 1.29 is 0 Å². The van der Waals surface area contributed by atoms with Crippen LogP contribution in [0, 0.1) is 18.3 Å². The molecule has 0 aliphatic heterocycles. The highest BCUT2D eigenvalue weighted by atomic mass is 15.1. The first kappa shape index (κ1) is 9.41. The molecule has 15 heavy (non-hydrogen) atoms. The molecular weight excluding hydrogens is 188 g/mol. The first-order valence-corrected chi connectivity index (χ1v) is 4.59. The van der Waals surface area contributed by atoms with E-state index in [0.29, 0.717) is 5.69 Å². The SMILES string of the molecule is Cc1c(C#N)nc(-c2ccccn2)n1C. The molecule has 0 atom stereocenters. The first-order valence-electron chi connectivity index (χ1n) is 4.59. The molecule has 4 heteroatoms. The van der Waals surface area contributed by atoms with Gasteiger partial charge in [-0.2, -0.15) is 5.26 Å². The van der Waals surface area contributed by atoms with Crippen molar-refractivity contribution in [3.05, 3.63) is 35.8 Å². The van der Waals surface area contributed by atoms with E-state index in [1.165, 1.54) is 0 Å². The summed E-state index contributed by atoms with van der Waals surface area (Å²) in [6.07, 6.45) is 1.71. The van der Waals surface area contributed by atoms with Crippen molar-refractivity contribution in [3.8, 4) is 17.6 Å². The number of rotatable bonds is 1. The Balaban J connectivity index is 2.61. The molecule has 2 aromatic heterocycles.